The summed E-state index contributed by atoms with van der Waals surface area (Å²) in [7, 11) is 0. The maximum Gasteiger partial charge on any atom is 0.137 e. The Morgan fingerprint density at radius 2 is 1.78 bits per heavy atom. The van der Waals surface area contributed by atoms with E-state index in [-0.39, 0.29) is 0 Å². The molecule has 0 aliphatic rings. The number of nitrogens with two attached hydrogens (primary N) is 1. The summed E-state index contributed by atoms with van der Waals surface area (Å²) < 4.78 is 2.06. The van der Waals surface area contributed by atoms with Gasteiger partial charge < -0.3 is 5.73 Å². The van der Waals surface area contributed by atoms with Crippen LogP contribution in [0.5, 0.6) is 0 Å². The average Bonchev–Trinajstić information content (AvgIpc) is 2.88. The maximum atomic E-state index is 5.48. The number of aromatic nitrogens is 3. The summed E-state index contributed by atoms with van der Waals surface area (Å²) in [6, 6.07) is 10.2. The lowest BCUT2D eigenvalue weighted by Crippen LogP contribution is -2.01. The smallest absolute Gasteiger partial charge is 0.137 e. The van der Waals surface area contributed by atoms with Gasteiger partial charge in [0.2, 0.25) is 0 Å². The molecule has 2 rings (SSSR count). The number of nitrogens with zero attached hydrogens (tertiary/aromatic N) is 3. The molecule has 0 saturated carbocycles. The highest BCUT2D eigenvalue weighted by Gasteiger charge is 2.05. The van der Waals surface area contributed by atoms with E-state index < -0.39 is 0 Å². The topological polar surface area (TPSA) is 56.7 Å². The number of rotatable bonds is 7. The van der Waals surface area contributed by atoms with Gasteiger partial charge in [-0.2, -0.15) is 0 Å². The highest BCUT2D eigenvalue weighted by atomic mass is 15.3. The van der Waals surface area contributed by atoms with Crippen LogP contribution in [-0.4, -0.2) is 21.3 Å². The first-order valence-electron chi connectivity index (χ1n) is 6.56. The number of unbranched alkanes of at least 4 members (excludes halogenated alkanes) is 3. The van der Waals surface area contributed by atoms with Gasteiger partial charge in [0.1, 0.15) is 12.2 Å². The Balaban J connectivity index is 1.92. The second-order valence-electron chi connectivity index (χ2n) is 4.41. The van der Waals surface area contributed by atoms with E-state index in [0.717, 1.165) is 37.3 Å². The van der Waals surface area contributed by atoms with E-state index in [1.54, 1.807) is 6.33 Å². The summed E-state index contributed by atoms with van der Waals surface area (Å²) in [4.78, 5) is 0. The molecule has 18 heavy (non-hydrogen) atoms. The second kappa shape index (κ2) is 6.91. The van der Waals surface area contributed by atoms with Crippen LogP contribution in [0.4, 0.5) is 0 Å². The molecule has 4 heteroatoms. The number of benzene rings is 1. The minimum atomic E-state index is 0.792. The number of aryl methyl sites for hydroxylation is 1. The van der Waals surface area contributed by atoms with Crippen LogP contribution in [0.15, 0.2) is 36.7 Å². The molecule has 0 spiro atoms. The Bertz CT molecular complexity index is 450. The third-order valence-corrected chi connectivity index (χ3v) is 3.01. The lowest BCUT2D eigenvalue weighted by atomic mass is 10.1. The monoisotopic (exact) mass is 244 g/mol. The summed E-state index contributed by atoms with van der Waals surface area (Å²) in [6.07, 6.45) is 7.43. The maximum absolute atomic E-state index is 5.48. The number of hydrogen-bond donors (Lipinski definition) is 1. The van der Waals surface area contributed by atoms with Gasteiger partial charge in [0, 0.05) is 12.1 Å². The third-order valence-electron chi connectivity index (χ3n) is 3.01. The van der Waals surface area contributed by atoms with Crippen molar-refractivity contribution in [1.82, 2.24) is 14.8 Å². The Morgan fingerprint density at radius 1 is 1.00 bits per heavy atom. The quantitative estimate of drug-likeness (QED) is 0.760. The molecular weight excluding hydrogens is 224 g/mol. The fourth-order valence-corrected chi connectivity index (χ4v) is 2.01. The summed E-state index contributed by atoms with van der Waals surface area (Å²) in [6.45, 7) is 0.792. The largest absolute Gasteiger partial charge is 0.330 e. The van der Waals surface area contributed by atoms with Crippen molar-refractivity contribution in [3.8, 4) is 5.69 Å². The summed E-state index contributed by atoms with van der Waals surface area (Å²) >= 11 is 0. The van der Waals surface area contributed by atoms with Crippen molar-refractivity contribution in [3.05, 3.63) is 42.5 Å². The minimum Gasteiger partial charge on any atom is -0.330 e. The first-order valence-corrected chi connectivity index (χ1v) is 6.56. The van der Waals surface area contributed by atoms with Crippen LogP contribution >= 0.6 is 0 Å². The molecule has 0 aliphatic heterocycles. The van der Waals surface area contributed by atoms with Crippen LogP contribution in [0.2, 0.25) is 0 Å². The predicted molar refractivity (Wildman–Crippen MR) is 72.6 cm³/mol. The molecule has 0 fully saturated rings. The first kappa shape index (κ1) is 12.8. The summed E-state index contributed by atoms with van der Waals surface area (Å²) in [5, 5.41) is 8.21. The molecule has 1 aromatic carbocycles. The van der Waals surface area contributed by atoms with Gasteiger partial charge in [0.15, 0.2) is 0 Å². The van der Waals surface area contributed by atoms with Crippen molar-refractivity contribution in [2.24, 2.45) is 5.73 Å². The molecular formula is C14H20N4. The van der Waals surface area contributed by atoms with Gasteiger partial charge in [-0.15, -0.1) is 10.2 Å². The number of para-hydroxylation sites is 1. The van der Waals surface area contributed by atoms with Gasteiger partial charge in [-0.05, 0) is 31.5 Å². The van der Waals surface area contributed by atoms with Gasteiger partial charge in [0.05, 0.1) is 0 Å². The molecule has 1 heterocycles. The van der Waals surface area contributed by atoms with Gasteiger partial charge in [-0.25, -0.2) is 0 Å². The van der Waals surface area contributed by atoms with Crippen LogP contribution in [0, 0.1) is 0 Å². The van der Waals surface area contributed by atoms with Crippen molar-refractivity contribution in [2.45, 2.75) is 32.1 Å². The predicted octanol–water partition coefficient (Wildman–Crippen LogP) is 2.33. The fourth-order valence-electron chi connectivity index (χ4n) is 2.01. The molecule has 0 atom stereocenters. The van der Waals surface area contributed by atoms with E-state index in [2.05, 4.69) is 26.9 Å². The SMILES string of the molecule is NCCCCCCc1nncn1-c1ccccc1. The van der Waals surface area contributed by atoms with Crippen molar-refractivity contribution in [3.63, 3.8) is 0 Å². The molecule has 0 unspecified atom stereocenters. The van der Waals surface area contributed by atoms with Crippen LogP contribution in [0.25, 0.3) is 5.69 Å². The highest BCUT2D eigenvalue weighted by molar-refractivity contribution is 5.31. The Kier molecular flexibility index (Phi) is 4.90. The van der Waals surface area contributed by atoms with E-state index in [1.807, 2.05) is 18.2 Å². The van der Waals surface area contributed by atoms with Crippen LogP contribution in [0.3, 0.4) is 0 Å². The molecule has 1 aromatic heterocycles. The van der Waals surface area contributed by atoms with Crippen LogP contribution in [0.1, 0.15) is 31.5 Å². The van der Waals surface area contributed by atoms with E-state index in [1.165, 1.54) is 12.8 Å². The lowest BCUT2D eigenvalue weighted by Gasteiger charge is -2.06. The van der Waals surface area contributed by atoms with Gasteiger partial charge >= 0.3 is 0 Å². The van der Waals surface area contributed by atoms with Crippen molar-refractivity contribution >= 4 is 0 Å². The molecule has 0 radical (unpaired) electrons. The molecule has 0 amide bonds. The van der Waals surface area contributed by atoms with Crippen LogP contribution < -0.4 is 5.73 Å². The Morgan fingerprint density at radius 3 is 2.56 bits per heavy atom. The summed E-state index contributed by atoms with van der Waals surface area (Å²) in [5.41, 5.74) is 6.60. The van der Waals surface area contributed by atoms with Crippen molar-refractivity contribution < 1.29 is 0 Å². The van der Waals surface area contributed by atoms with E-state index >= 15 is 0 Å². The Labute approximate surface area is 108 Å². The van der Waals surface area contributed by atoms with Crippen molar-refractivity contribution in [2.75, 3.05) is 6.54 Å². The minimum absolute atomic E-state index is 0.792. The summed E-state index contributed by atoms with van der Waals surface area (Å²) in [5.74, 6) is 1.04. The molecule has 4 nitrogen and oxygen atoms in total. The first-order chi connectivity index (χ1) is 8.92. The Hall–Kier alpha value is -1.68. The highest BCUT2D eigenvalue weighted by Crippen LogP contribution is 2.11. The molecule has 2 N–H and O–H groups in total. The zero-order valence-electron chi connectivity index (χ0n) is 10.6. The van der Waals surface area contributed by atoms with E-state index in [9.17, 15) is 0 Å². The zero-order valence-corrected chi connectivity index (χ0v) is 10.6. The molecule has 0 saturated heterocycles. The molecule has 2 aromatic rings. The van der Waals surface area contributed by atoms with E-state index in [4.69, 9.17) is 5.73 Å². The number of hydrogen-bond acceptors (Lipinski definition) is 3. The molecule has 96 valence electrons. The average molecular weight is 244 g/mol. The lowest BCUT2D eigenvalue weighted by molar-refractivity contribution is 0.630. The second-order valence-corrected chi connectivity index (χ2v) is 4.41. The van der Waals surface area contributed by atoms with Gasteiger partial charge in [0.25, 0.3) is 0 Å². The molecule has 0 bridgehead atoms. The van der Waals surface area contributed by atoms with Crippen molar-refractivity contribution in [1.29, 1.82) is 0 Å². The standard InChI is InChI=1S/C14H20N4/c15-11-7-2-1-6-10-14-17-16-12-18(14)13-8-4-3-5-9-13/h3-5,8-9,12H,1-2,6-7,10-11,15H2. The third kappa shape index (κ3) is 3.40. The molecule has 0 aliphatic carbocycles. The van der Waals surface area contributed by atoms with Gasteiger partial charge in [-0.3, -0.25) is 4.57 Å². The zero-order chi connectivity index (χ0) is 12.6. The normalized spacial score (nSPS) is 10.7. The van der Waals surface area contributed by atoms with E-state index in [0.29, 0.717) is 0 Å². The fraction of sp³-hybridized carbons (Fsp3) is 0.429. The van der Waals surface area contributed by atoms with Gasteiger partial charge in [-0.1, -0.05) is 31.0 Å². The van der Waals surface area contributed by atoms with Crippen LogP contribution in [-0.2, 0) is 6.42 Å².